The van der Waals surface area contributed by atoms with Gasteiger partial charge in [0.15, 0.2) is 0 Å². The van der Waals surface area contributed by atoms with Crippen LogP contribution in [0, 0.1) is 12.8 Å². The quantitative estimate of drug-likeness (QED) is 0.735. The molecule has 0 bridgehead atoms. The molecule has 1 aromatic rings. The lowest BCUT2D eigenvalue weighted by Gasteiger charge is -2.18. The summed E-state index contributed by atoms with van der Waals surface area (Å²) in [4.78, 5) is 12.2. The van der Waals surface area contributed by atoms with Crippen molar-refractivity contribution in [3.8, 4) is 0 Å². The minimum atomic E-state index is -3.56. The van der Waals surface area contributed by atoms with Crippen molar-refractivity contribution < 1.29 is 13.2 Å². The second-order valence-corrected chi connectivity index (χ2v) is 6.94. The number of aryl methyl sites for hydroxylation is 1. The smallest absolute Gasteiger partial charge is 0.241 e. The number of amides is 1. The van der Waals surface area contributed by atoms with Gasteiger partial charge >= 0.3 is 0 Å². The first-order valence-corrected chi connectivity index (χ1v) is 8.31. The van der Waals surface area contributed by atoms with E-state index in [1.807, 2.05) is 13.8 Å². The van der Waals surface area contributed by atoms with Gasteiger partial charge in [-0.2, -0.15) is 0 Å². The van der Waals surface area contributed by atoms with Crippen molar-refractivity contribution in [2.45, 2.75) is 38.1 Å². The molecule has 0 radical (unpaired) electrons. The third-order valence-electron chi connectivity index (χ3n) is 3.57. The van der Waals surface area contributed by atoms with E-state index in [1.165, 1.54) is 13.1 Å². The van der Waals surface area contributed by atoms with Crippen LogP contribution in [0.1, 0.15) is 25.8 Å². The Morgan fingerprint density at radius 1 is 1.38 bits per heavy atom. The molecule has 0 heterocycles. The first-order chi connectivity index (χ1) is 9.72. The van der Waals surface area contributed by atoms with Crippen LogP contribution in [0.5, 0.6) is 0 Å². The molecular weight excluding hydrogens is 290 g/mol. The number of carbonyl (C=O) groups excluding carboxylic acids is 1. The van der Waals surface area contributed by atoms with E-state index in [0.717, 1.165) is 6.42 Å². The molecule has 0 saturated heterocycles. The number of benzene rings is 1. The summed E-state index contributed by atoms with van der Waals surface area (Å²) in [7, 11) is -2.21. The van der Waals surface area contributed by atoms with Crippen LogP contribution in [-0.4, -0.2) is 27.4 Å². The van der Waals surface area contributed by atoms with Gasteiger partial charge in [0.05, 0.1) is 10.9 Å². The summed E-state index contributed by atoms with van der Waals surface area (Å²) in [5.41, 5.74) is 6.88. The summed E-state index contributed by atoms with van der Waals surface area (Å²) in [6.07, 6.45) is 0.794. The van der Waals surface area contributed by atoms with Crippen LogP contribution >= 0.6 is 0 Å². The molecule has 0 fully saturated rings. The molecule has 1 aromatic carbocycles. The molecule has 2 atom stereocenters. The number of nitrogens with one attached hydrogen (secondary N) is 2. The van der Waals surface area contributed by atoms with Gasteiger partial charge in [-0.05, 0) is 37.6 Å². The maximum absolute atomic E-state index is 12.0. The number of carbonyl (C=O) groups is 1. The van der Waals surface area contributed by atoms with Gasteiger partial charge in [0.2, 0.25) is 15.9 Å². The lowest BCUT2D eigenvalue weighted by molar-refractivity contribution is -0.118. The fourth-order valence-electron chi connectivity index (χ4n) is 1.82. The minimum Gasteiger partial charge on any atom is -0.325 e. The predicted octanol–water partition coefficient (Wildman–Crippen LogP) is 1.22. The zero-order valence-corrected chi connectivity index (χ0v) is 13.6. The highest BCUT2D eigenvalue weighted by Gasteiger charge is 2.21. The Bertz CT molecular complexity index is 614. The Morgan fingerprint density at radius 2 is 2.00 bits per heavy atom. The second-order valence-electron chi connectivity index (χ2n) is 5.09. The molecule has 21 heavy (non-hydrogen) atoms. The van der Waals surface area contributed by atoms with E-state index >= 15 is 0 Å². The average molecular weight is 313 g/mol. The van der Waals surface area contributed by atoms with E-state index in [-0.39, 0.29) is 16.7 Å². The third kappa shape index (κ3) is 4.26. The average Bonchev–Trinajstić information content (AvgIpc) is 2.47. The topological polar surface area (TPSA) is 101 Å². The van der Waals surface area contributed by atoms with Crippen LogP contribution < -0.4 is 15.8 Å². The highest BCUT2D eigenvalue weighted by Crippen LogP contribution is 2.20. The van der Waals surface area contributed by atoms with Crippen molar-refractivity contribution in [3.05, 3.63) is 23.8 Å². The van der Waals surface area contributed by atoms with Gasteiger partial charge < -0.3 is 11.1 Å². The summed E-state index contributed by atoms with van der Waals surface area (Å²) >= 11 is 0. The van der Waals surface area contributed by atoms with E-state index in [2.05, 4.69) is 10.0 Å². The van der Waals surface area contributed by atoms with Crippen molar-refractivity contribution >= 4 is 21.6 Å². The molecule has 4 N–H and O–H groups in total. The Morgan fingerprint density at radius 3 is 2.52 bits per heavy atom. The van der Waals surface area contributed by atoms with Crippen molar-refractivity contribution in [1.82, 2.24) is 4.72 Å². The second kappa shape index (κ2) is 7.02. The molecule has 1 unspecified atom stereocenters. The molecule has 118 valence electrons. The summed E-state index contributed by atoms with van der Waals surface area (Å²) in [6.45, 7) is 5.55. The number of nitrogens with two attached hydrogens (primary N) is 1. The standard InChI is InChI=1S/C14H23N3O3S/c1-5-9(2)13(15)14(18)17-11-7-6-10(3)12(8-11)21(19,20)16-4/h6-9,13,16H,5,15H2,1-4H3,(H,17,18)/t9?,13-/m0/s1. The fraction of sp³-hybridized carbons (Fsp3) is 0.500. The molecule has 7 heteroatoms. The monoisotopic (exact) mass is 313 g/mol. The normalized spacial score (nSPS) is 14.5. The fourth-order valence-corrected chi connectivity index (χ4v) is 2.81. The molecule has 0 aromatic heterocycles. The highest BCUT2D eigenvalue weighted by molar-refractivity contribution is 7.89. The predicted molar refractivity (Wildman–Crippen MR) is 83.5 cm³/mol. The third-order valence-corrected chi connectivity index (χ3v) is 5.13. The molecule has 0 aliphatic carbocycles. The largest absolute Gasteiger partial charge is 0.325 e. The lowest BCUT2D eigenvalue weighted by atomic mass is 9.99. The zero-order valence-electron chi connectivity index (χ0n) is 12.8. The summed E-state index contributed by atoms with van der Waals surface area (Å²) in [6, 6.07) is 4.11. The summed E-state index contributed by atoms with van der Waals surface area (Å²) < 4.78 is 26.1. The highest BCUT2D eigenvalue weighted by atomic mass is 32.2. The molecular formula is C14H23N3O3S. The van der Waals surface area contributed by atoms with Crippen LogP contribution in [-0.2, 0) is 14.8 Å². The maximum atomic E-state index is 12.0. The SMILES string of the molecule is CCC(C)[C@H](N)C(=O)Nc1ccc(C)c(S(=O)(=O)NC)c1. The van der Waals surface area contributed by atoms with E-state index in [9.17, 15) is 13.2 Å². The number of hydrogen-bond acceptors (Lipinski definition) is 4. The molecule has 0 spiro atoms. The first kappa shape index (κ1) is 17.6. The molecule has 0 aliphatic heterocycles. The van der Waals surface area contributed by atoms with Crippen molar-refractivity contribution in [3.63, 3.8) is 0 Å². The number of hydrogen-bond donors (Lipinski definition) is 3. The van der Waals surface area contributed by atoms with Gasteiger partial charge in [-0.3, -0.25) is 4.79 Å². The van der Waals surface area contributed by atoms with Crippen molar-refractivity contribution in [1.29, 1.82) is 0 Å². The number of rotatable bonds is 6. The zero-order chi connectivity index (χ0) is 16.2. The first-order valence-electron chi connectivity index (χ1n) is 6.83. The van der Waals surface area contributed by atoms with Crippen molar-refractivity contribution in [2.75, 3.05) is 12.4 Å². The number of anilines is 1. The molecule has 1 amide bonds. The van der Waals surface area contributed by atoms with E-state index in [1.54, 1.807) is 19.1 Å². The van der Waals surface area contributed by atoms with Gasteiger partial charge in [-0.15, -0.1) is 0 Å². The maximum Gasteiger partial charge on any atom is 0.241 e. The van der Waals surface area contributed by atoms with Gasteiger partial charge in [0.1, 0.15) is 0 Å². The Hall–Kier alpha value is -1.44. The van der Waals surface area contributed by atoms with Gasteiger partial charge in [-0.25, -0.2) is 13.1 Å². The van der Waals surface area contributed by atoms with Crippen LogP contribution in [0.4, 0.5) is 5.69 Å². The Balaban J connectivity index is 3.02. The van der Waals surface area contributed by atoms with E-state index in [0.29, 0.717) is 11.3 Å². The number of sulfonamides is 1. The van der Waals surface area contributed by atoms with E-state index < -0.39 is 16.1 Å². The van der Waals surface area contributed by atoms with Crippen LogP contribution in [0.25, 0.3) is 0 Å². The molecule has 1 rings (SSSR count). The molecule has 0 aliphatic rings. The van der Waals surface area contributed by atoms with Gasteiger partial charge in [0.25, 0.3) is 0 Å². The Kier molecular flexibility index (Phi) is 5.88. The van der Waals surface area contributed by atoms with Gasteiger partial charge in [0, 0.05) is 5.69 Å². The summed E-state index contributed by atoms with van der Waals surface area (Å²) in [5.74, 6) is -0.267. The Labute approximate surface area is 126 Å². The minimum absolute atomic E-state index is 0.0518. The summed E-state index contributed by atoms with van der Waals surface area (Å²) in [5, 5.41) is 2.66. The van der Waals surface area contributed by atoms with Crippen LogP contribution in [0.3, 0.4) is 0 Å². The van der Waals surface area contributed by atoms with E-state index in [4.69, 9.17) is 5.73 Å². The van der Waals surface area contributed by atoms with Crippen LogP contribution in [0.15, 0.2) is 23.1 Å². The van der Waals surface area contributed by atoms with Gasteiger partial charge in [-0.1, -0.05) is 26.3 Å². The molecule has 6 nitrogen and oxygen atoms in total. The lowest BCUT2D eigenvalue weighted by Crippen LogP contribution is -2.40. The van der Waals surface area contributed by atoms with Crippen molar-refractivity contribution in [2.24, 2.45) is 11.7 Å². The molecule has 0 saturated carbocycles. The van der Waals surface area contributed by atoms with Crippen LogP contribution in [0.2, 0.25) is 0 Å².